The predicted octanol–water partition coefficient (Wildman–Crippen LogP) is 2.22. The molecule has 0 radical (unpaired) electrons. The van der Waals surface area contributed by atoms with Crippen LogP contribution in [0.1, 0.15) is 5.56 Å². The molecule has 5 nitrogen and oxygen atoms in total. The smallest absolute Gasteiger partial charge is 0.131 e. The van der Waals surface area contributed by atoms with Crippen molar-refractivity contribution in [1.82, 2.24) is 20.0 Å². The fourth-order valence-electron chi connectivity index (χ4n) is 1.89. The lowest BCUT2D eigenvalue weighted by Gasteiger charge is -2.05. The molecule has 94 valence electrons. The summed E-state index contributed by atoms with van der Waals surface area (Å²) in [5.41, 5.74) is 10.1. The van der Waals surface area contributed by atoms with Gasteiger partial charge in [-0.25, -0.2) is 4.68 Å². The summed E-state index contributed by atoms with van der Waals surface area (Å²) in [6.07, 6.45) is 3.59. The SMILES string of the molecule is Cc1ccc(N)cc1-n1cc(-c2ccccn2)nn1. The zero-order chi connectivity index (χ0) is 13.2. The van der Waals surface area contributed by atoms with Crippen LogP contribution in [0.25, 0.3) is 17.1 Å². The van der Waals surface area contributed by atoms with Crippen molar-refractivity contribution in [3.63, 3.8) is 0 Å². The number of nitrogen functional groups attached to an aromatic ring is 1. The average Bonchev–Trinajstić information content (AvgIpc) is 2.92. The van der Waals surface area contributed by atoms with Gasteiger partial charge in [0.15, 0.2) is 0 Å². The lowest BCUT2D eigenvalue weighted by atomic mass is 10.2. The van der Waals surface area contributed by atoms with Crippen LogP contribution in [0.4, 0.5) is 5.69 Å². The molecule has 2 aromatic heterocycles. The number of anilines is 1. The number of pyridine rings is 1. The van der Waals surface area contributed by atoms with Crippen molar-refractivity contribution in [1.29, 1.82) is 0 Å². The summed E-state index contributed by atoms with van der Waals surface area (Å²) in [5, 5.41) is 8.28. The van der Waals surface area contributed by atoms with Gasteiger partial charge >= 0.3 is 0 Å². The second-order valence-corrected chi connectivity index (χ2v) is 4.31. The van der Waals surface area contributed by atoms with Gasteiger partial charge in [0.25, 0.3) is 0 Å². The maximum Gasteiger partial charge on any atom is 0.131 e. The van der Waals surface area contributed by atoms with Crippen molar-refractivity contribution >= 4 is 5.69 Å². The lowest BCUT2D eigenvalue weighted by molar-refractivity contribution is 0.799. The molecule has 0 saturated heterocycles. The minimum atomic E-state index is 0.704. The standard InChI is InChI=1S/C14H13N5/c1-10-5-6-11(15)8-14(10)19-9-13(17-18-19)12-4-2-3-7-16-12/h2-9H,15H2,1H3. The Kier molecular flexibility index (Phi) is 2.72. The number of aromatic nitrogens is 4. The van der Waals surface area contributed by atoms with Gasteiger partial charge in [-0.15, -0.1) is 5.10 Å². The normalized spacial score (nSPS) is 10.6. The Bertz CT molecular complexity index is 703. The van der Waals surface area contributed by atoms with Crippen molar-refractivity contribution < 1.29 is 0 Å². The van der Waals surface area contributed by atoms with Crippen LogP contribution in [-0.2, 0) is 0 Å². The van der Waals surface area contributed by atoms with Gasteiger partial charge in [-0.3, -0.25) is 4.98 Å². The topological polar surface area (TPSA) is 69.6 Å². The molecular weight excluding hydrogens is 238 g/mol. The largest absolute Gasteiger partial charge is 0.399 e. The Balaban J connectivity index is 2.04. The van der Waals surface area contributed by atoms with Gasteiger partial charge in [0, 0.05) is 11.9 Å². The van der Waals surface area contributed by atoms with Gasteiger partial charge in [0.05, 0.1) is 17.6 Å². The van der Waals surface area contributed by atoms with E-state index < -0.39 is 0 Å². The minimum absolute atomic E-state index is 0.704. The third-order valence-electron chi connectivity index (χ3n) is 2.90. The molecule has 0 saturated carbocycles. The number of benzene rings is 1. The molecule has 0 bridgehead atoms. The maximum atomic E-state index is 5.81. The molecule has 0 amide bonds. The summed E-state index contributed by atoms with van der Waals surface area (Å²) in [7, 11) is 0. The molecule has 0 aliphatic heterocycles. The van der Waals surface area contributed by atoms with Crippen LogP contribution in [0, 0.1) is 6.92 Å². The molecule has 0 aliphatic carbocycles. The highest BCUT2D eigenvalue weighted by molar-refractivity contribution is 5.55. The number of nitrogens with two attached hydrogens (primary N) is 1. The molecule has 3 rings (SSSR count). The van der Waals surface area contributed by atoms with E-state index in [9.17, 15) is 0 Å². The van der Waals surface area contributed by atoms with Crippen LogP contribution in [0.2, 0.25) is 0 Å². The Labute approximate surface area is 110 Å². The van der Waals surface area contributed by atoms with E-state index in [1.165, 1.54) is 0 Å². The fraction of sp³-hybridized carbons (Fsp3) is 0.0714. The zero-order valence-electron chi connectivity index (χ0n) is 10.5. The summed E-state index contributed by atoms with van der Waals surface area (Å²) in [6.45, 7) is 2.01. The van der Waals surface area contributed by atoms with Gasteiger partial charge in [-0.2, -0.15) is 0 Å². The first-order chi connectivity index (χ1) is 9.24. The van der Waals surface area contributed by atoms with Crippen molar-refractivity contribution in [2.45, 2.75) is 6.92 Å². The third kappa shape index (κ3) is 2.18. The van der Waals surface area contributed by atoms with E-state index in [1.54, 1.807) is 10.9 Å². The molecule has 0 fully saturated rings. The molecule has 5 heteroatoms. The highest BCUT2D eigenvalue weighted by atomic mass is 15.4. The number of aryl methyl sites for hydroxylation is 1. The van der Waals surface area contributed by atoms with Gasteiger partial charge in [0.1, 0.15) is 5.69 Å². The number of rotatable bonds is 2. The fourth-order valence-corrected chi connectivity index (χ4v) is 1.89. The van der Waals surface area contributed by atoms with E-state index in [2.05, 4.69) is 15.3 Å². The van der Waals surface area contributed by atoms with E-state index in [0.717, 1.165) is 22.6 Å². The first kappa shape index (κ1) is 11.4. The Morgan fingerprint density at radius 1 is 1.11 bits per heavy atom. The first-order valence-corrected chi connectivity index (χ1v) is 5.94. The summed E-state index contributed by atoms with van der Waals surface area (Å²) in [4.78, 5) is 4.26. The van der Waals surface area contributed by atoms with Crippen LogP contribution in [0.5, 0.6) is 0 Å². The zero-order valence-corrected chi connectivity index (χ0v) is 10.5. The molecule has 3 aromatic rings. The van der Waals surface area contributed by atoms with E-state index in [1.807, 2.05) is 49.5 Å². The van der Waals surface area contributed by atoms with Crippen molar-refractivity contribution in [2.75, 3.05) is 5.73 Å². The number of hydrogen-bond donors (Lipinski definition) is 1. The summed E-state index contributed by atoms with van der Waals surface area (Å²) in [5.74, 6) is 0. The van der Waals surface area contributed by atoms with E-state index >= 15 is 0 Å². The van der Waals surface area contributed by atoms with E-state index in [-0.39, 0.29) is 0 Å². The molecule has 0 aliphatic rings. The van der Waals surface area contributed by atoms with Crippen LogP contribution in [0.3, 0.4) is 0 Å². The summed E-state index contributed by atoms with van der Waals surface area (Å²) >= 11 is 0. The highest BCUT2D eigenvalue weighted by Crippen LogP contribution is 2.19. The maximum absolute atomic E-state index is 5.81. The molecular formula is C14H13N5. The second-order valence-electron chi connectivity index (χ2n) is 4.31. The van der Waals surface area contributed by atoms with Crippen molar-refractivity contribution in [3.05, 3.63) is 54.4 Å². The van der Waals surface area contributed by atoms with Crippen molar-refractivity contribution in [3.8, 4) is 17.1 Å². The van der Waals surface area contributed by atoms with Crippen LogP contribution in [-0.4, -0.2) is 20.0 Å². The van der Waals surface area contributed by atoms with E-state index in [0.29, 0.717) is 5.69 Å². The first-order valence-electron chi connectivity index (χ1n) is 5.94. The Hall–Kier alpha value is -2.69. The Morgan fingerprint density at radius 2 is 2.00 bits per heavy atom. The van der Waals surface area contributed by atoms with E-state index in [4.69, 9.17) is 5.73 Å². The predicted molar refractivity (Wildman–Crippen MR) is 73.7 cm³/mol. The third-order valence-corrected chi connectivity index (χ3v) is 2.90. The minimum Gasteiger partial charge on any atom is -0.399 e. The lowest BCUT2D eigenvalue weighted by Crippen LogP contribution is -1.99. The summed E-state index contributed by atoms with van der Waals surface area (Å²) in [6, 6.07) is 11.4. The Morgan fingerprint density at radius 3 is 2.79 bits per heavy atom. The van der Waals surface area contributed by atoms with Gasteiger partial charge in [0.2, 0.25) is 0 Å². The van der Waals surface area contributed by atoms with Gasteiger partial charge in [-0.1, -0.05) is 17.3 Å². The van der Waals surface area contributed by atoms with Gasteiger partial charge in [-0.05, 0) is 36.8 Å². The molecule has 19 heavy (non-hydrogen) atoms. The number of hydrogen-bond acceptors (Lipinski definition) is 4. The van der Waals surface area contributed by atoms with Crippen LogP contribution >= 0.6 is 0 Å². The molecule has 0 atom stereocenters. The van der Waals surface area contributed by atoms with Crippen LogP contribution in [0.15, 0.2) is 48.8 Å². The van der Waals surface area contributed by atoms with Crippen molar-refractivity contribution in [2.24, 2.45) is 0 Å². The monoisotopic (exact) mass is 251 g/mol. The average molecular weight is 251 g/mol. The molecule has 2 heterocycles. The van der Waals surface area contributed by atoms with Crippen LogP contribution < -0.4 is 5.73 Å². The highest BCUT2D eigenvalue weighted by Gasteiger charge is 2.08. The summed E-state index contributed by atoms with van der Waals surface area (Å²) < 4.78 is 1.72. The molecule has 2 N–H and O–H groups in total. The number of nitrogens with zero attached hydrogens (tertiary/aromatic N) is 4. The second kappa shape index (κ2) is 4.53. The van der Waals surface area contributed by atoms with Gasteiger partial charge < -0.3 is 5.73 Å². The molecule has 1 aromatic carbocycles. The molecule has 0 unspecified atom stereocenters. The quantitative estimate of drug-likeness (QED) is 0.709. The molecule has 0 spiro atoms.